The van der Waals surface area contributed by atoms with E-state index in [4.69, 9.17) is 10.8 Å². The summed E-state index contributed by atoms with van der Waals surface area (Å²) in [6, 6.07) is 1.83. The SMILES string of the molecule is Cn1nc(CCCO)cc1N. The van der Waals surface area contributed by atoms with Gasteiger partial charge >= 0.3 is 0 Å². The van der Waals surface area contributed by atoms with E-state index in [2.05, 4.69) is 5.10 Å². The van der Waals surface area contributed by atoms with Crippen molar-refractivity contribution in [1.82, 2.24) is 9.78 Å². The molecular formula is C7H13N3O. The Morgan fingerprint density at radius 3 is 2.91 bits per heavy atom. The van der Waals surface area contributed by atoms with Gasteiger partial charge < -0.3 is 10.8 Å². The maximum atomic E-state index is 8.54. The summed E-state index contributed by atoms with van der Waals surface area (Å²) < 4.78 is 1.63. The van der Waals surface area contributed by atoms with Crippen molar-refractivity contribution < 1.29 is 5.11 Å². The predicted molar refractivity (Wildman–Crippen MR) is 43.0 cm³/mol. The molecule has 1 aromatic heterocycles. The maximum absolute atomic E-state index is 8.54. The second kappa shape index (κ2) is 3.39. The van der Waals surface area contributed by atoms with E-state index in [0.717, 1.165) is 18.5 Å². The molecular weight excluding hydrogens is 142 g/mol. The lowest BCUT2D eigenvalue weighted by Crippen LogP contribution is -1.97. The Kier molecular flexibility index (Phi) is 2.48. The van der Waals surface area contributed by atoms with Crippen molar-refractivity contribution in [1.29, 1.82) is 0 Å². The minimum absolute atomic E-state index is 0.205. The third-order valence-corrected chi connectivity index (χ3v) is 1.56. The van der Waals surface area contributed by atoms with Gasteiger partial charge in [-0.2, -0.15) is 5.10 Å². The lowest BCUT2D eigenvalue weighted by Gasteiger charge is -1.91. The molecule has 3 N–H and O–H groups in total. The van der Waals surface area contributed by atoms with Crippen LogP contribution in [0.1, 0.15) is 12.1 Å². The van der Waals surface area contributed by atoms with Gasteiger partial charge in [-0.3, -0.25) is 4.68 Å². The number of anilines is 1. The molecule has 0 aromatic carbocycles. The van der Waals surface area contributed by atoms with Crippen LogP contribution in [0.5, 0.6) is 0 Å². The number of nitrogens with two attached hydrogens (primary N) is 1. The van der Waals surface area contributed by atoms with Crippen LogP contribution in [0, 0.1) is 0 Å². The van der Waals surface area contributed by atoms with Gasteiger partial charge in [0.25, 0.3) is 0 Å². The van der Waals surface area contributed by atoms with Gasteiger partial charge in [-0.15, -0.1) is 0 Å². The second-order valence-corrected chi connectivity index (χ2v) is 2.51. The zero-order chi connectivity index (χ0) is 8.27. The van der Waals surface area contributed by atoms with Crippen molar-refractivity contribution in [2.45, 2.75) is 12.8 Å². The molecule has 0 spiro atoms. The number of nitrogens with zero attached hydrogens (tertiary/aromatic N) is 2. The Bertz CT molecular complexity index is 212. The van der Waals surface area contributed by atoms with E-state index in [1.165, 1.54) is 0 Å². The van der Waals surface area contributed by atoms with Crippen molar-refractivity contribution in [2.75, 3.05) is 12.3 Å². The summed E-state index contributed by atoms with van der Waals surface area (Å²) >= 11 is 0. The zero-order valence-electron chi connectivity index (χ0n) is 6.62. The highest BCUT2D eigenvalue weighted by molar-refractivity contribution is 5.30. The Balaban J connectivity index is 2.58. The zero-order valence-corrected chi connectivity index (χ0v) is 6.62. The molecule has 4 nitrogen and oxygen atoms in total. The Hall–Kier alpha value is -1.03. The number of rotatable bonds is 3. The molecule has 0 fully saturated rings. The molecule has 1 heterocycles. The lowest BCUT2D eigenvalue weighted by atomic mass is 10.2. The average molecular weight is 155 g/mol. The molecule has 0 aliphatic carbocycles. The number of aromatic nitrogens is 2. The molecule has 0 aliphatic heterocycles. The summed E-state index contributed by atoms with van der Waals surface area (Å²) in [6.07, 6.45) is 1.54. The summed E-state index contributed by atoms with van der Waals surface area (Å²) in [7, 11) is 1.80. The predicted octanol–water partition coefficient (Wildman–Crippen LogP) is -0.0728. The monoisotopic (exact) mass is 155 g/mol. The highest BCUT2D eigenvalue weighted by Gasteiger charge is 1.99. The molecule has 4 heteroatoms. The second-order valence-electron chi connectivity index (χ2n) is 2.51. The van der Waals surface area contributed by atoms with Gasteiger partial charge in [0, 0.05) is 19.7 Å². The van der Waals surface area contributed by atoms with Gasteiger partial charge in [0.2, 0.25) is 0 Å². The molecule has 0 aliphatic rings. The summed E-state index contributed by atoms with van der Waals surface area (Å²) in [5.41, 5.74) is 6.49. The van der Waals surface area contributed by atoms with Gasteiger partial charge in [-0.1, -0.05) is 0 Å². The quantitative estimate of drug-likeness (QED) is 0.642. The Morgan fingerprint density at radius 2 is 2.45 bits per heavy atom. The molecule has 1 rings (SSSR count). The molecule has 11 heavy (non-hydrogen) atoms. The molecule has 0 bridgehead atoms. The smallest absolute Gasteiger partial charge is 0.121 e. The molecule has 0 amide bonds. The largest absolute Gasteiger partial charge is 0.396 e. The topological polar surface area (TPSA) is 64.1 Å². The molecule has 0 atom stereocenters. The Labute approximate surface area is 65.6 Å². The summed E-state index contributed by atoms with van der Waals surface area (Å²) in [4.78, 5) is 0. The summed E-state index contributed by atoms with van der Waals surface area (Å²) in [5, 5.41) is 12.7. The van der Waals surface area contributed by atoms with Gasteiger partial charge in [-0.05, 0) is 12.8 Å². The highest BCUT2D eigenvalue weighted by atomic mass is 16.2. The molecule has 62 valence electrons. The van der Waals surface area contributed by atoms with Crippen molar-refractivity contribution >= 4 is 5.82 Å². The number of aliphatic hydroxyl groups is 1. The molecule has 0 saturated heterocycles. The van der Waals surface area contributed by atoms with Gasteiger partial charge in [0.15, 0.2) is 0 Å². The first kappa shape index (κ1) is 8.07. The fourth-order valence-corrected chi connectivity index (χ4v) is 0.926. The highest BCUT2D eigenvalue weighted by Crippen LogP contribution is 2.05. The van der Waals surface area contributed by atoms with E-state index in [0.29, 0.717) is 5.82 Å². The number of aryl methyl sites for hydroxylation is 2. The summed E-state index contributed by atoms with van der Waals surface area (Å²) in [6.45, 7) is 0.205. The van der Waals surface area contributed by atoms with E-state index in [1.807, 2.05) is 6.07 Å². The fourth-order valence-electron chi connectivity index (χ4n) is 0.926. The van der Waals surface area contributed by atoms with Crippen LogP contribution >= 0.6 is 0 Å². The molecule has 1 aromatic rings. The van der Waals surface area contributed by atoms with Crippen LogP contribution in [0.4, 0.5) is 5.82 Å². The van der Waals surface area contributed by atoms with Crippen molar-refractivity contribution in [3.63, 3.8) is 0 Å². The fraction of sp³-hybridized carbons (Fsp3) is 0.571. The van der Waals surface area contributed by atoms with Crippen LogP contribution in [-0.2, 0) is 13.5 Å². The van der Waals surface area contributed by atoms with Crippen molar-refractivity contribution in [2.24, 2.45) is 7.05 Å². The van der Waals surface area contributed by atoms with Gasteiger partial charge in [-0.25, -0.2) is 0 Å². The van der Waals surface area contributed by atoms with Crippen LogP contribution in [-0.4, -0.2) is 21.5 Å². The van der Waals surface area contributed by atoms with Gasteiger partial charge in [0.05, 0.1) is 5.69 Å². The first-order chi connectivity index (χ1) is 5.24. The third kappa shape index (κ3) is 1.94. The van der Waals surface area contributed by atoms with Crippen LogP contribution < -0.4 is 5.73 Å². The normalized spacial score (nSPS) is 10.4. The number of nitrogen functional groups attached to an aromatic ring is 1. The Morgan fingerprint density at radius 1 is 1.73 bits per heavy atom. The molecule has 0 unspecified atom stereocenters. The average Bonchev–Trinajstić information content (AvgIpc) is 2.28. The first-order valence-electron chi connectivity index (χ1n) is 3.63. The van der Waals surface area contributed by atoms with Crippen LogP contribution in [0.15, 0.2) is 6.07 Å². The number of hydrogen-bond donors (Lipinski definition) is 2. The summed E-state index contributed by atoms with van der Waals surface area (Å²) in [5.74, 6) is 0.665. The maximum Gasteiger partial charge on any atom is 0.121 e. The first-order valence-corrected chi connectivity index (χ1v) is 3.63. The van der Waals surface area contributed by atoms with Crippen LogP contribution in [0.25, 0.3) is 0 Å². The van der Waals surface area contributed by atoms with Crippen LogP contribution in [0.2, 0.25) is 0 Å². The number of aliphatic hydroxyl groups excluding tert-OH is 1. The number of hydrogen-bond acceptors (Lipinski definition) is 3. The van der Waals surface area contributed by atoms with Gasteiger partial charge in [0.1, 0.15) is 5.82 Å². The lowest BCUT2D eigenvalue weighted by molar-refractivity contribution is 0.288. The molecule has 0 radical (unpaired) electrons. The third-order valence-electron chi connectivity index (χ3n) is 1.56. The minimum Gasteiger partial charge on any atom is -0.396 e. The van der Waals surface area contributed by atoms with E-state index >= 15 is 0 Å². The van der Waals surface area contributed by atoms with E-state index in [-0.39, 0.29) is 6.61 Å². The van der Waals surface area contributed by atoms with E-state index in [9.17, 15) is 0 Å². The minimum atomic E-state index is 0.205. The van der Waals surface area contributed by atoms with E-state index < -0.39 is 0 Å². The van der Waals surface area contributed by atoms with Crippen molar-refractivity contribution in [3.05, 3.63) is 11.8 Å². The van der Waals surface area contributed by atoms with E-state index in [1.54, 1.807) is 11.7 Å². The van der Waals surface area contributed by atoms with Crippen LogP contribution in [0.3, 0.4) is 0 Å². The van der Waals surface area contributed by atoms with Crippen molar-refractivity contribution in [3.8, 4) is 0 Å². The molecule has 0 saturated carbocycles. The standard InChI is InChI=1S/C7H13N3O/c1-10-7(8)5-6(9-10)3-2-4-11/h5,11H,2-4,8H2,1H3.